The van der Waals surface area contributed by atoms with Crippen LogP contribution >= 0.6 is 0 Å². The van der Waals surface area contributed by atoms with Crippen molar-refractivity contribution in [2.24, 2.45) is 20.5 Å². The maximum atomic E-state index is 10.5. The smallest absolute Gasteiger partial charge is 0.163 e. The lowest BCUT2D eigenvalue weighted by Crippen LogP contribution is -2.25. The van der Waals surface area contributed by atoms with Crippen LogP contribution in [0.4, 0.5) is 22.7 Å². The molecule has 0 bridgehead atoms. The van der Waals surface area contributed by atoms with Crippen LogP contribution < -0.4 is 28.4 Å². The lowest BCUT2D eigenvalue weighted by atomic mass is 10.3. The fraction of sp³-hybridized carbons (Fsp3) is 0.442. The minimum atomic E-state index is -0.876. The summed E-state index contributed by atoms with van der Waals surface area (Å²) < 4.78 is 68.2. The van der Waals surface area contributed by atoms with Crippen molar-refractivity contribution in [1.82, 2.24) is 0 Å². The van der Waals surface area contributed by atoms with Gasteiger partial charge in [-0.15, -0.1) is 0 Å². The molecule has 1 N–H and O–H groups in total. The van der Waals surface area contributed by atoms with Gasteiger partial charge in [0.2, 0.25) is 0 Å². The molecule has 0 amide bonds. The number of aliphatic hydroxyl groups is 1. The normalized spacial score (nSPS) is 17.4. The summed E-state index contributed by atoms with van der Waals surface area (Å²) >= 11 is 0. The molecule has 0 atom stereocenters. The Hall–Kier alpha value is -5.40. The first-order chi connectivity index (χ1) is 29.7. The van der Waals surface area contributed by atoms with Crippen LogP contribution in [0, 0.1) is 0 Å². The lowest BCUT2D eigenvalue weighted by Gasteiger charge is -2.14. The van der Waals surface area contributed by atoms with Crippen molar-refractivity contribution in [3.63, 3.8) is 0 Å². The Morgan fingerprint density at radius 1 is 0.367 bits per heavy atom. The highest BCUT2D eigenvalue weighted by atomic mass is 16.6. The summed E-state index contributed by atoms with van der Waals surface area (Å²) in [4.78, 5) is 0. The van der Waals surface area contributed by atoms with E-state index in [2.05, 4.69) is 20.5 Å². The number of hydrogen-bond donors (Lipinski definition) is 1. The van der Waals surface area contributed by atoms with Gasteiger partial charge in [0.1, 0.15) is 57.2 Å². The van der Waals surface area contributed by atoms with Crippen LogP contribution in [0.5, 0.6) is 34.5 Å². The van der Waals surface area contributed by atoms with Crippen molar-refractivity contribution in [1.29, 1.82) is 0 Å². The van der Waals surface area contributed by atoms with Gasteiger partial charge in [0.15, 0.2) is 23.0 Å². The molecule has 0 aromatic heterocycles. The first-order valence-corrected chi connectivity index (χ1v) is 19.9. The van der Waals surface area contributed by atoms with Crippen LogP contribution in [0.2, 0.25) is 0 Å². The van der Waals surface area contributed by atoms with Crippen molar-refractivity contribution >= 4 is 22.7 Å². The van der Waals surface area contributed by atoms with Gasteiger partial charge in [0.25, 0.3) is 0 Å². The Kier molecular flexibility index (Phi) is 19.1. The van der Waals surface area contributed by atoms with Crippen LogP contribution in [-0.2, 0) is 28.4 Å². The number of benzene rings is 4. The zero-order valence-corrected chi connectivity index (χ0v) is 33.5. The van der Waals surface area contributed by atoms with Gasteiger partial charge in [-0.05, 0) is 72.8 Å². The van der Waals surface area contributed by atoms with Gasteiger partial charge in [-0.3, -0.25) is 0 Å². The summed E-state index contributed by atoms with van der Waals surface area (Å²) in [5.74, 6) is 3.36. The highest BCUT2D eigenvalue weighted by Gasteiger charge is 2.11. The molecule has 322 valence electrons. The van der Waals surface area contributed by atoms with Gasteiger partial charge >= 0.3 is 0 Å². The average Bonchev–Trinajstić information content (AvgIpc) is 3.29. The van der Waals surface area contributed by atoms with E-state index in [-0.39, 0.29) is 13.2 Å². The van der Waals surface area contributed by atoms with E-state index in [9.17, 15) is 5.11 Å². The predicted octanol–water partition coefficient (Wildman–Crippen LogP) is 6.98. The number of rotatable bonds is 10. The molecule has 60 heavy (non-hydrogen) atoms. The molecule has 17 nitrogen and oxygen atoms in total. The van der Waals surface area contributed by atoms with Crippen molar-refractivity contribution in [2.75, 3.05) is 119 Å². The van der Waals surface area contributed by atoms with Gasteiger partial charge < -0.3 is 61.9 Å². The number of fused-ring (bicyclic) bond motifs is 2. The number of ether oxygens (including phenoxy) is 12. The maximum absolute atomic E-state index is 10.5. The molecular weight excluding hydrogens is 780 g/mol. The van der Waals surface area contributed by atoms with E-state index < -0.39 is 6.10 Å². The van der Waals surface area contributed by atoms with Crippen molar-refractivity contribution < 1.29 is 61.9 Å². The number of hydrogen-bond acceptors (Lipinski definition) is 17. The highest BCUT2D eigenvalue weighted by Crippen LogP contribution is 2.34. The molecule has 0 saturated carbocycles. The van der Waals surface area contributed by atoms with Crippen LogP contribution in [0.25, 0.3) is 0 Å². The van der Waals surface area contributed by atoms with Crippen LogP contribution in [0.3, 0.4) is 0 Å². The standard InChI is InChI=1S/C43H52N4O13/c48-37(31-59-38-7-1-33(2-8-38)44-46-35-5-11-40-42(29-35)57-27-23-53-19-15-49-13-17-51-21-25-55-40)32-60-39-9-3-34(4-10-39)45-47-36-6-12-41-43(30-36)58-28-24-54-20-16-50-14-18-52-22-26-56-41/h1-12,29-30,37,48H,13-28,31-32H2. The van der Waals surface area contributed by atoms with Gasteiger partial charge in [-0.25, -0.2) is 0 Å². The summed E-state index contributed by atoms with van der Waals surface area (Å²) in [7, 11) is 0. The molecule has 2 aliphatic rings. The molecular formula is C43H52N4O13. The molecule has 0 radical (unpaired) electrons. The molecule has 0 aliphatic carbocycles. The fourth-order valence-corrected chi connectivity index (χ4v) is 5.39. The molecule has 6 rings (SSSR count). The number of aliphatic hydroxyl groups excluding tert-OH is 1. The van der Waals surface area contributed by atoms with E-state index >= 15 is 0 Å². The lowest BCUT2D eigenvalue weighted by molar-refractivity contribution is 0.00708. The number of nitrogens with zero attached hydrogens (tertiary/aromatic N) is 4. The Morgan fingerprint density at radius 2 is 0.650 bits per heavy atom. The van der Waals surface area contributed by atoms with E-state index in [1.54, 1.807) is 84.9 Å². The minimum Gasteiger partial charge on any atom is -0.491 e. The molecule has 0 unspecified atom stereocenters. The van der Waals surface area contributed by atoms with E-state index in [0.717, 1.165) is 0 Å². The fourth-order valence-electron chi connectivity index (χ4n) is 5.39. The van der Waals surface area contributed by atoms with Crippen molar-refractivity contribution in [2.45, 2.75) is 6.10 Å². The summed E-state index contributed by atoms with van der Waals surface area (Å²) in [6, 6.07) is 24.8. The topological polar surface area (TPSA) is 180 Å². The van der Waals surface area contributed by atoms with E-state index in [4.69, 9.17) is 56.8 Å². The SMILES string of the molecule is OC(COc1ccc(N=Nc2ccc3c(c2)OCCOCCOCCOCCO3)cc1)COc1ccc(N=Nc2ccc3c(c2)OCCOCCOCCOCCO3)cc1. The minimum absolute atomic E-state index is 0.0284. The molecule has 17 heteroatoms. The highest BCUT2D eigenvalue weighted by molar-refractivity contribution is 5.53. The first kappa shape index (κ1) is 44.2. The van der Waals surface area contributed by atoms with E-state index in [1.165, 1.54) is 0 Å². The second kappa shape index (κ2) is 25.9. The third kappa shape index (κ3) is 16.3. The Morgan fingerprint density at radius 3 is 1.00 bits per heavy atom. The molecule has 0 fully saturated rings. The Bertz CT molecular complexity index is 1750. The monoisotopic (exact) mass is 832 g/mol. The van der Waals surface area contributed by atoms with Gasteiger partial charge in [-0.1, -0.05) is 0 Å². The second-order valence-corrected chi connectivity index (χ2v) is 13.0. The van der Waals surface area contributed by atoms with E-state index in [1.807, 2.05) is 0 Å². The molecule has 4 aromatic carbocycles. The summed E-state index contributed by atoms with van der Waals surface area (Å²) in [5, 5.41) is 27.9. The summed E-state index contributed by atoms with van der Waals surface area (Å²) in [6.45, 7) is 7.09. The Labute approximate surface area is 349 Å². The summed E-state index contributed by atoms with van der Waals surface area (Å²) in [5.41, 5.74) is 2.42. The zero-order valence-electron chi connectivity index (χ0n) is 33.5. The van der Waals surface area contributed by atoms with E-state index in [0.29, 0.717) is 163 Å². The molecule has 4 aromatic rings. The van der Waals surface area contributed by atoms with Crippen LogP contribution in [0.15, 0.2) is 105 Å². The maximum Gasteiger partial charge on any atom is 0.163 e. The van der Waals surface area contributed by atoms with Gasteiger partial charge in [-0.2, -0.15) is 20.5 Å². The largest absolute Gasteiger partial charge is 0.491 e. The van der Waals surface area contributed by atoms with Crippen molar-refractivity contribution in [3.8, 4) is 34.5 Å². The number of azo groups is 2. The third-order valence-corrected chi connectivity index (χ3v) is 8.40. The Balaban J connectivity index is 0.926. The molecule has 0 spiro atoms. The molecule has 0 saturated heterocycles. The van der Waals surface area contributed by atoms with Crippen molar-refractivity contribution in [3.05, 3.63) is 84.9 Å². The average molecular weight is 833 g/mol. The second-order valence-electron chi connectivity index (χ2n) is 13.0. The summed E-state index contributed by atoms with van der Waals surface area (Å²) in [6.07, 6.45) is -0.876. The third-order valence-electron chi connectivity index (χ3n) is 8.40. The van der Waals surface area contributed by atoms with Crippen LogP contribution in [0.1, 0.15) is 0 Å². The zero-order chi connectivity index (χ0) is 41.3. The van der Waals surface area contributed by atoms with Gasteiger partial charge in [0, 0.05) is 12.1 Å². The predicted molar refractivity (Wildman–Crippen MR) is 218 cm³/mol. The van der Waals surface area contributed by atoms with Crippen LogP contribution in [-0.4, -0.2) is 130 Å². The molecule has 2 aliphatic heterocycles. The first-order valence-electron chi connectivity index (χ1n) is 19.9. The molecule has 2 heterocycles. The van der Waals surface area contributed by atoms with Gasteiger partial charge in [0.05, 0.1) is 102 Å². The quantitative estimate of drug-likeness (QED) is 0.162.